The molecule has 2 amide bonds. The Labute approximate surface area is 172 Å². The summed E-state index contributed by atoms with van der Waals surface area (Å²) in [5.74, 6) is -2.02. The quantitative estimate of drug-likeness (QED) is 0.660. The number of ether oxygens (including phenoxy) is 1. The second-order valence-corrected chi connectivity index (χ2v) is 6.90. The Kier molecular flexibility index (Phi) is 5.09. The Morgan fingerprint density at radius 2 is 2.00 bits per heavy atom. The normalized spacial score (nSPS) is 16.5. The standard InChI is InChI=1S/C20H15F3N4O4/c21-20(22,23)31-14-3-1-2-13(8-14)27-9-11(6-17(27)28)18(29)26-12-4-5-16-15(7-12)19(30)25-10-24-16/h1-5,7-8,10-11H,6,9H2,(H,26,29)(H,24,25,30)/t11-/m0/s1. The van der Waals surface area contributed by atoms with E-state index in [-0.39, 0.29) is 24.2 Å². The molecule has 1 aliphatic rings. The fourth-order valence-electron chi connectivity index (χ4n) is 3.37. The highest BCUT2D eigenvalue weighted by Gasteiger charge is 2.36. The van der Waals surface area contributed by atoms with Crippen molar-refractivity contribution in [2.24, 2.45) is 5.92 Å². The highest BCUT2D eigenvalue weighted by Crippen LogP contribution is 2.31. The number of hydrogen-bond acceptors (Lipinski definition) is 5. The second kappa shape index (κ2) is 7.74. The molecule has 4 rings (SSSR count). The Bertz CT molecular complexity index is 1220. The maximum absolute atomic E-state index is 12.6. The number of amides is 2. The number of carbonyl (C=O) groups excluding carboxylic acids is 2. The van der Waals surface area contributed by atoms with E-state index < -0.39 is 29.8 Å². The Balaban J connectivity index is 1.48. The minimum Gasteiger partial charge on any atom is -0.406 e. The number of aromatic amines is 1. The molecule has 8 nitrogen and oxygen atoms in total. The molecule has 1 fully saturated rings. The van der Waals surface area contributed by atoms with Gasteiger partial charge in [0.05, 0.1) is 23.1 Å². The largest absolute Gasteiger partial charge is 0.573 e. The number of anilines is 2. The Morgan fingerprint density at radius 3 is 2.77 bits per heavy atom. The van der Waals surface area contributed by atoms with Gasteiger partial charge in [-0.05, 0) is 30.3 Å². The maximum Gasteiger partial charge on any atom is 0.573 e. The third-order valence-corrected chi connectivity index (χ3v) is 4.77. The van der Waals surface area contributed by atoms with Gasteiger partial charge >= 0.3 is 6.36 Å². The van der Waals surface area contributed by atoms with E-state index in [0.29, 0.717) is 16.6 Å². The third-order valence-electron chi connectivity index (χ3n) is 4.77. The number of nitrogens with zero attached hydrogens (tertiary/aromatic N) is 2. The van der Waals surface area contributed by atoms with E-state index in [0.717, 1.165) is 12.1 Å². The molecule has 0 saturated carbocycles. The zero-order valence-corrected chi connectivity index (χ0v) is 15.8. The number of hydrogen-bond donors (Lipinski definition) is 2. The first-order valence-corrected chi connectivity index (χ1v) is 9.14. The van der Waals surface area contributed by atoms with Gasteiger partial charge in [-0.2, -0.15) is 0 Å². The van der Waals surface area contributed by atoms with Crippen molar-refractivity contribution in [1.82, 2.24) is 9.97 Å². The number of fused-ring (bicyclic) bond motifs is 1. The highest BCUT2D eigenvalue weighted by molar-refractivity contribution is 6.04. The molecule has 0 aliphatic carbocycles. The van der Waals surface area contributed by atoms with E-state index in [2.05, 4.69) is 20.0 Å². The molecule has 1 aromatic heterocycles. The summed E-state index contributed by atoms with van der Waals surface area (Å²) in [6, 6.07) is 9.65. The van der Waals surface area contributed by atoms with E-state index in [1.165, 1.54) is 29.4 Å². The summed E-state index contributed by atoms with van der Waals surface area (Å²) in [6.07, 6.45) is -3.69. The van der Waals surface area contributed by atoms with Gasteiger partial charge in [0, 0.05) is 30.4 Å². The number of alkyl halides is 3. The van der Waals surface area contributed by atoms with Crippen LogP contribution in [-0.2, 0) is 9.59 Å². The summed E-state index contributed by atoms with van der Waals surface area (Å²) in [4.78, 5) is 44.6. The summed E-state index contributed by atoms with van der Waals surface area (Å²) in [7, 11) is 0. The lowest BCUT2D eigenvalue weighted by Gasteiger charge is -2.18. The summed E-state index contributed by atoms with van der Waals surface area (Å²) in [5, 5.41) is 2.96. The number of halogens is 3. The van der Waals surface area contributed by atoms with Crippen LogP contribution in [0.1, 0.15) is 6.42 Å². The number of benzene rings is 2. The molecule has 2 aromatic carbocycles. The predicted octanol–water partition coefficient (Wildman–Crippen LogP) is 2.81. The van der Waals surface area contributed by atoms with Crippen molar-refractivity contribution in [2.75, 3.05) is 16.8 Å². The van der Waals surface area contributed by atoms with Crippen LogP contribution in [0.5, 0.6) is 5.75 Å². The molecule has 2 heterocycles. The van der Waals surface area contributed by atoms with Crippen molar-refractivity contribution >= 4 is 34.1 Å². The van der Waals surface area contributed by atoms with Gasteiger partial charge in [-0.15, -0.1) is 13.2 Å². The van der Waals surface area contributed by atoms with Crippen LogP contribution in [0.3, 0.4) is 0 Å². The van der Waals surface area contributed by atoms with Crippen LogP contribution in [0.15, 0.2) is 53.6 Å². The van der Waals surface area contributed by atoms with Crippen LogP contribution in [0, 0.1) is 5.92 Å². The summed E-state index contributed by atoms with van der Waals surface area (Å²) in [5.41, 5.74) is 0.669. The molecule has 160 valence electrons. The lowest BCUT2D eigenvalue weighted by Crippen LogP contribution is -2.28. The zero-order valence-electron chi connectivity index (χ0n) is 15.8. The van der Waals surface area contributed by atoms with Gasteiger partial charge < -0.3 is 19.9 Å². The van der Waals surface area contributed by atoms with Gasteiger partial charge in [0.15, 0.2) is 0 Å². The molecular formula is C20H15F3N4O4. The first-order valence-electron chi connectivity index (χ1n) is 9.14. The van der Waals surface area contributed by atoms with Crippen molar-refractivity contribution in [3.63, 3.8) is 0 Å². The van der Waals surface area contributed by atoms with Gasteiger partial charge in [0.1, 0.15) is 5.75 Å². The van der Waals surface area contributed by atoms with Crippen molar-refractivity contribution in [3.05, 3.63) is 59.1 Å². The number of rotatable bonds is 4. The van der Waals surface area contributed by atoms with Crippen molar-refractivity contribution in [3.8, 4) is 5.75 Å². The van der Waals surface area contributed by atoms with Gasteiger partial charge in [-0.1, -0.05) is 6.07 Å². The van der Waals surface area contributed by atoms with Gasteiger partial charge in [-0.3, -0.25) is 14.4 Å². The highest BCUT2D eigenvalue weighted by atomic mass is 19.4. The Morgan fingerprint density at radius 1 is 1.19 bits per heavy atom. The van der Waals surface area contributed by atoms with Crippen LogP contribution >= 0.6 is 0 Å². The summed E-state index contributed by atoms with van der Waals surface area (Å²) in [6.45, 7) is -0.00411. The van der Waals surface area contributed by atoms with Crippen molar-refractivity contribution in [1.29, 1.82) is 0 Å². The second-order valence-electron chi connectivity index (χ2n) is 6.90. The molecular weight excluding hydrogens is 417 g/mol. The van der Waals surface area contributed by atoms with E-state index >= 15 is 0 Å². The van der Waals surface area contributed by atoms with E-state index in [1.54, 1.807) is 12.1 Å². The topological polar surface area (TPSA) is 104 Å². The number of aromatic nitrogens is 2. The number of H-pyrrole nitrogens is 1. The predicted molar refractivity (Wildman–Crippen MR) is 105 cm³/mol. The molecule has 0 unspecified atom stereocenters. The number of nitrogens with one attached hydrogen (secondary N) is 2. The lowest BCUT2D eigenvalue weighted by atomic mass is 10.1. The third kappa shape index (κ3) is 4.49. The summed E-state index contributed by atoms with van der Waals surface area (Å²) >= 11 is 0. The SMILES string of the molecule is O=C(Nc1ccc2nc[nH]c(=O)c2c1)[C@H]1CC(=O)N(c2cccc(OC(F)(F)F)c2)C1. The van der Waals surface area contributed by atoms with Crippen LogP contribution in [0.25, 0.3) is 10.9 Å². The molecule has 1 aliphatic heterocycles. The number of carbonyl (C=O) groups is 2. The molecule has 1 atom stereocenters. The van der Waals surface area contributed by atoms with E-state index in [4.69, 9.17) is 0 Å². The van der Waals surface area contributed by atoms with Gasteiger partial charge in [0.25, 0.3) is 5.56 Å². The smallest absolute Gasteiger partial charge is 0.406 e. The van der Waals surface area contributed by atoms with Gasteiger partial charge in [-0.25, -0.2) is 4.98 Å². The molecule has 3 aromatic rings. The van der Waals surface area contributed by atoms with Crippen molar-refractivity contribution < 1.29 is 27.5 Å². The van der Waals surface area contributed by atoms with Crippen LogP contribution < -0.4 is 20.5 Å². The zero-order chi connectivity index (χ0) is 22.2. The fraction of sp³-hybridized carbons (Fsp3) is 0.200. The minimum atomic E-state index is -4.85. The first kappa shape index (κ1) is 20.4. The van der Waals surface area contributed by atoms with Crippen LogP contribution in [-0.4, -0.2) is 34.7 Å². The monoisotopic (exact) mass is 432 g/mol. The molecule has 0 radical (unpaired) electrons. The molecule has 31 heavy (non-hydrogen) atoms. The lowest BCUT2D eigenvalue weighted by molar-refractivity contribution is -0.274. The van der Waals surface area contributed by atoms with Crippen molar-refractivity contribution in [2.45, 2.75) is 12.8 Å². The summed E-state index contributed by atoms with van der Waals surface area (Å²) < 4.78 is 41.2. The first-order chi connectivity index (χ1) is 14.7. The average Bonchev–Trinajstić information content (AvgIpc) is 3.09. The minimum absolute atomic E-state index is 0.00411. The van der Waals surface area contributed by atoms with Gasteiger partial charge in [0.2, 0.25) is 11.8 Å². The fourth-order valence-corrected chi connectivity index (χ4v) is 3.37. The van der Waals surface area contributed by atoms with Crippen LogP contribution in [0.2, 0.25) is 0 Å². The van der Waals surface area contributed by atoms with E-state index in [9.17, 15) is 27.6 Å². The maximum atomic E-state index is 12.6. The van der Waals surface area contributed by atoms with Crippen LogP contribution in [0.4, 0.5) is 24.5 Å². The molecule has 2 N–H and O–H groups in total. The Hall–Kier alpha value is -3.89. The molecule has 0 spiro atoms. The average molecular weight is 432 g/mol. The van der Waals surface area contributed by atoms with E-state index in [1.807, 2.05) is 0 Å². The molecule has 0 bridgehead atoms. The molecule has 11 heteroatoms. The molecule has 1 saturated heterocycles.